The number of carbonyl (C=O) groups excluding carboxylic acids is 1. The second-order valence-electron chi connectivity index (χ2n) is 3.76. The molecule has 0 atom stereocenters. The smallest absolute Gasteiger partial charge is 0.197 e. The number of aryl methyl sites for hydroxylation is 1. The predicted molar refractivity (Wildman–Crippen MR) is 63.8 cm³/mol. The van der Waals surface area contributed by atoms with Gasteiger partial charge in [-0.1, -0.05) is 17.7 Å². The van der Waals surface area contributed by atoms with E-state index in [9.17, 15) is 13.6 Å². The first-order chi connectivity index (χ1) is 8.50. The van der Waals surface area contributed by atoms with Crippen LogP contribution in [0.4, 0.5) is 8.78 Å². The van der Waals surface area contributed by atoms with E-state index in [2.05, 4.69) is 4.98 Å². The van der Waals surface area contributed by atoms with Crippen LogP contribution in [0.1, 0.15) is 21.5 Å². The molecule has 0 N–H and O–H groups in total. The first-order valence-electron chi connectivity index (χ1n) is 5.11. The van der Waals surface area contributed by atoms with Crippen LogP contribution in [-0.2, 0) is 0 Å². The molecule has 0 spiro atoms. The van der Waals surface area contributed by atoms with Crippen molar-refractivity contribution in [2.45, 2.75) is 6.92 Å². The highest BCUT2D eigenvalue weighted by Crippen LogP contribution is 2.19. The Balaban J connectivity index is 2.46. The number of hydrogen-bond donors (Lipinski definition) is 0. The molecule has 0 aliphatic heterocycles. The van der Waals surface area contributed by atoms with E-state index in [1.807, 2.05) is 0 Å². The Morgan fingerprint density at radius 1 is 1.17 bits per heavy atom. The van der Waals surface area contributed by atoms with Gasteiger partial charge in [0.1, 0.15) is 5.15 Å². The van der Waals surface area contributed by atoms with Gasteiger partial charge in [0.2, 0.25) is 0 Å². The largest absolute Gasteiger partial charge is 0.288 e. The van der Waals surface area contributed by atoms with Crippen molar-refractivity contribution >= 4 is 17.4 Å². The van der Waals surface area contributed by atoms with E-state index in [1.165, 1.54) is 37.4 Å². The van der Waals surface area contributed by atoms with Gasteiger partial charge in [-0.2, -0.15) is 0 Å². The number of carbonyl (C=O) groups is 1. The summed E-state index contributed by atoms with van der Waals surface area (Å²) in [7, 11) is 0. The predicted octanol–water partition coefficient (Wildman–Crippen LogP) is 3.55. The van der Waals surface area contributed by atoms with E-state index >= 15 is 0 Å². The molecular weight excluding hydrogens is 260 g/mol. The third-order valence-electron chi connectivity index (χ3n) is 2.51. The van der Waals surface area contributed by atoms with E-state index in [1.54, 1.807) is 0 Å². The molecule has 0 saturated heterocycles. The lowest BCUT2D eigenvalue weighted by atomic mass is 10.0. The number of ketones is 1. The zero-order valence-electron chi connectivity index (χ0n) is 9.38. The van der Waals surface area contributed by atoms with Gasteiger partial charge < -0.3 is 0 Å². The number of pyridine rings is 1. The molecule has 0 bridgehead atoms. The number of aromatic nitrogens is 1. The Hall–Kier alpha value is -1.81. The van der Waals surface area contributed by atoms with E-state index in [0.29, 0.717) is 0 Å². The Bertz CT molecular complexity index is 611. The molecule has 2 nitrogen and oxygen atoms in total. The van der Waals surface area contributed by atoms with Crippen LogP contribution in [0.3, 0.4) is 0 Å². The SMILES string of the molecule is Cc1ccc(C(=O)c2ccc(Cl)nc2)c(F)c1F. The summed E-state index contributed by atoms with van der Waals surface area (Å²) in [6, 6.07) is 5.44. The quantitative estimate of drug-likeness (QED) is 0.615. The van der Waals surface area contributed by atoms with Crippen molar-refractivity contribution in [3.05, 3.63) is 63.9 Å². The summed E-state index contributed by atoms with van der Waals surface area (Å²) >= 11 is 5.58. The summed E-state index contributed by atoms with van der Waals surface area (Å²) in [5.74, 6) is -2.78. The van der Waals surface area contributed by atoms with Crippen molar-refractivity contribution in [2.24, 2.45) is 0 Å². The molecule has 18 heavy (non-hydrogen) atoms. The van der Waals surface area contributed by atoms with Gasteiger partial charge in [0.05, 0.1) is 5.56 Å². The summed E-state index contributed by atoms with van der Waals surface area (Å²) in [6.07, 6.45) is 1.22. The summed E-state index contributed by atoms with van der Waals surface area (Å²) in [4.78, 5) is 15.7. The fourth-order valence-electron chi connectivity index (χ4n) is 1.49. The second-order valence-corrected chi connectivity index (χ2v) is 4.14. The molecule has 0 aliphatic carbocycles. The molecule has 0 fully saturated rings. The number of halogens is 3. The van der Waals surface area contributed by atoms with Gasteiger partial charge in [0.25, 0.3) is 0 Å². The summed E-state index contributed by atoms with van der Waals surface area (Å²) in [5.41, 5.74) is -0.0120. The molecule has 5 heteroatoms. The minimum atomic E-state index is -1.14. The van der Waals surface area contributed by atoms with Crippen molar-refractivity contribution in [1.29, 1.82) is 0 Å². The topological polar surface area (TPSA) is 30.0 Å². The lowest BCUT2D eigenvalue weighted by Crippen LogP contribution is -2.07. The van der Waals surface area contributed by atoms with Crippen LogP contribution in [0.5, 0.6) is 0 Å². The highest BCUT2D eigenvalue weighted by molar-refractivity contribution is 6.29. The van der Waals surface area contributed by atoms with Gasteiger partial charge in [-0.05, 0) is 30.7 Å². The first-order valence-corrected chi connectivity index (χ1v) is 5.49. The van der Waals surface area contributed by atoms with E-state index < -0.39 is 17.4 Å². The number of rotatable bonds is 2. The van der Waals surface area contributed by atoms with Crippen LogP contribution < -0.4 is 0 Å². The van der Waals surface area contributed by atoms with Gasteiger partial charge in [0, 0.05) is 11.8 Å². The zero-order chi connectivity index (χ0) is 13.3. The van der Waals surface area contributed by atoms with E-state index in [4.69, 9.17) is 11.6 Å². The maximum absolute atomic E-state index is 13.6. The van der Waals surface area contributed by atoms with E-state index in [0.717, 1.165) is 0 Å². The van der Waals surface area contributed by atoms with Crippen LogP contribution in [0.25, 0.3) is 0 Å². The van der Waals surface area contributed by atoms with Crippen LogP contribution in [0.15, 0.2) is 30.5 Å². The van der Waals surface area contributed by atoms with Crippen molar-refractivity contribution in [2.75, 3.05) is 0 Å². The molecule has 1 heterocycles. The summed E-state index contributed by atoms with van der Waals surface area (Å²) in [6.45, 7) is 1.43. The average Bonchev–Trinajstić information content (AvgIpc) is 2.36. The molecule has 0 radical (unpaired) electrons. The van der Waals surface area contributed by atoms with Gasteiger partial charge in [-0.15, -0.1) is 0 Å². The van der Waals surface area contributed by atoms with Gasteiger partial charge in [-0.25, -0.2) is 13.8 Å². The minimum Gasteiger partial charge on any atom is -0.288 e. The van der Waals surface area contributed by atoms with Crippen molar-refractivity contribution in [3.63, 3.8) is 0 Å². The van der Waals surface area contributed by atoms with Crippen LogP contribution in [-0.4, -0.2) is 10.8 Å². The van der Waals surface area contributed by atoms with Crippen LogP contribution in [0, 0.1) is 18.6 Å². The third kappa shape index (κ3) is 2.24. The Morgan fingerprint density at radius 3 is 2.50 bits per heavy atom. The molecule has 1 aromatic heterocycles. The molecule has 2 rings (SSSR count). The van der Waals surface area contributed by atoms with Crippen LogP contribution >= 0.6 is 11.6 Å². The Kier molecular flexibility index (Phi) is 3.39. The fraction of sp³-hybridized carbons (Fsp3) is 0.0769. The minimum absolute atomic E-state index is 0.151. The zero-order valence-corrected chi connectivity index (χ0v) is 10.1. The highest BCUT2D eigenvalue weighted by Gasteiger charge is 2.18. The lowest BCUT2D eigenvalue weighted by molar-refractivity contribution is 0.103. The molecule has 0 aliphatic rings. The first kappa shape index (κ1) is 12.6. The third-order valence-corrected chi connectivity index (χ3v) is 2.73. The molecule has 1 aromatic carbocycles. The van der Waals surface area contributed by atoms with Gasteiger partial charge in [-0.3, -0.25) is 4.79 Å². The summed E-state index contributed by atoms with van der Waals surface area (Å²) in [5, 5.41) is 0.224. The van der Waals surface area contributed by atoms with Crippen molar-refractivity contribution in [1.82, 2.24) is 4.98 Å². The second kappa shape index (κ2) is 4.82. The summed E-state index contributed by atoms with van der Waals surface area (Å²) < 4.78 is 27.0. The number of benzene rings is 1. The Morgan fingerprint density at radius 2 is 1.89 bits per heavy atom. The average molecular weight is 268 g/mol. The van der Waals surface area contributed by atoms with Crippen LogP contribution in [0.2, 0.25) is 5.15 Å². The molecule has 0 unspecified atom stereocenters. The van der Waals surface area contributed by atoms with Gasteiger partial charge in [0.15, 0.2) is 17.4 Å². The molecule has 0 saturated carbocycles. The standard InChI is InChI=1S/C13H8ClF2NO/c1-7-2-4-9(12(16)11(7)15)13(18)8-3-5-10(14)17-6-8/h2-6H,1H3. The van der Waals surface area contributed by atoms with Gasteiger partial charge >= 0.3 is 0 Å². The molecular formula is C13H8ClF2NO. The molecule has 92 valence electrons. The molecule has 0 amide bonds. The maximum atomic E-state index is 13.6. The van der Waals surface area contributed by atoms with Crippen molar-refractivity contribution in [3.8, 4) is 0 Å². The maximum Gasteiger partial charge on any atom is 0.197 e. The number of nitrogens with zero attached hydrogens (tertiary/aromatic N) is 1. The normalized spacial score (nSPS) is 10.4. The van der Waals surface area contributed by atoms with E-state index in [-0.39, 0.29) is 21.8 Å². The monoisotopic (exact) mass is 267 g/mol. The Labute approximate surface area is 107 Å². The molecule has 2 aromatic rings. The van der Waals surface area contributed by atoms with Crippen molar-refractivity contribution < 1.29 is 13.6 Å². The highest BCUT2D eigenvalue weighted by atomic mass is 35.5. The number of hydrogen-bond acceptors (Lipinski definition) is 2. The fourth-order valence-corrected chi connectivity index (χ4v) is 1.60. The lowest BCUT2D eigenvalue weighted by Gasteiger charge is -2.05.